The molecule has 42 heavy (non-hydrogen) atoms. The van der Waals surface area contributed by atoms with Gasteiger partial charge < -0.3 is 9.64 Å². The van der Waals surface area contributed by atoms with E-state index in [1.807, 2.05) is 30.0 Å². The van der Waals surface area contributed by atoms with Gasteiger partial charge in [0.2, 0.25) is 5.91 Å². The summed E-state index contributed by atoms with van der Waals surface area (Å²) in [5.41, 5.74) is 2.01. The van der Waals surface area contributed by atoms with Crippen LogP contribution >= 0.6 is 0 Å². The zero-order valence-corrected chi connectivity index (χ0v) is 25.0. The second kappa shape index (κ2) is 11.1. The minimum Gasteiger partial charge on any atom is -0.434 e. The highest BCUT2D eigenvalue weighted by Crippen LogP contribution is 2.48. The number of hydrogen-bond donors (Lipinski definition) is 0. The van der Waals surface area contributed by atoms with E-state index in [0.717, 1.165) is 80.7 Å². The SMILES string of the molecule is C[C@H](CF)C1CCC(C(=O)N2CC[C@@H](C3CCCCC3)[C@H]2C(=O)Cc2ccc3c(c2)cc2n3C3(CCC3)OC2=O)CC1. The summed E-state index contributed by atoms with van der Waals surface area (Å²) in [6.45, 7) is 2.36. The molecule has 7 rings (SSSR count). The molecule has 4 fully saturated rings. The number of fused-ring (bicyclic) bond motifs is 4. The van der Waals surface area contributed by atoms with Gasteiger partial charge in [0.05, 0.1) is 18.2 Å². The van der Waals surface area contributed by atoms with E-state index in [0.29, 0.717) is 30.5 Å². The number of aromatic nitrogens is 1. The molecule has 1 aromatic heterocycles. The Balaban J connectivity index is 1.11. The van der Waals surface area contributed by atoms with E-state index < -0.39 is 5.72 Å². The molecule has 2 aliphatic heterocycles. The van der Waals surface area contributed by atoms with Crippen LogP contribution in [-0.2, 0) is 26.5 Å². The molecule has 3 heterocycles. The average molecular weight is 577 g/mol. The lowest BCUT2D eigenvalue weighted by Crippen LogP contribution is -2.48. The first-order valence-electron chi connectivity index (χ1n) is 16.7. The number of benzene rings is 1. The molecule has 3 atom stereocenters. The minimum atomic E-state index is -0.521. The number of rotatable bonds is 7. The molecule has 226 valence electrons. The Morgan fingerprint density at radius 1 is 1.00 bits per heavy atom. The van der Waals surface area contributed by atoms with Crippen LogP contribution in [0.1, 0.15) is 106 Å². The van der Waals surface area contributed by atoms with E-state index in [1.54, 1.807) is 0 Å². The summed E-state index contributed by atoms with van der Waals surface area (Å²) in [6, 6.07) is 7.67. The molecular formula is C35H45FN2O4. The quantitative estimate of drug-likeness (QED) is 0.334. The van der Waals surface area contributed by atoms with Crippen molar-refractivity contribution in [1.82, 2.24) is 9.47 Å². The molecule has 0 unspecified atom stereocenters. The Hall–Kier alpha value is -2.70. The van der Waals surface area contributed by atoms with E-state index in [9.17, 15) is 18.8 Å². The molecule has 7 heteroatoms. The molecule has 1 amide bonds. The minimum absolute atomic E-state index is 0.0490. The van der Waals surface area contributed by atoms with Crippen LogP contribution in [0.15, 0.2) is 24.3 Å². The Morgan fingerprint density at radius 2 is 1.76 bits per heavy atom. The number of hydrogen-bond acceptors (Lipinski definition) is 4. The smallest absolute Gasteiger partial charge is 0.357 e. The van der Waals surface area contributed by atoms with E-state index in [-0.39, 0.29) is 48.1 Å². The maximum atomic E-state index is 14.2. The predicted octanol–water partition coefficient (Wildman–Crippen LogP) is 6.97. The fourth-order valence-electron chi connectivity index (χ4n) is 9.17. The van der Waals surface area contributed by atoms with Crippen molar-refractivity contribution in [1.29, 1.82) is 0 Å². The van der Waals surface area contributed by atoms with Gasteiger partial charge >= 0.3 is 5.97 Å². The van der Waals surface area contributed by atoms with Crippen molar-refractivity contribution in [3.05, 3.63) is 35.5 Å². The number of halogens is 1. The first-order chi connectivity index (χ1) is 20.4. The molecule has 0 N–H and O–H groups in total. The fourth-order valence-corrected chi connectivity index (χ4v) is 9.17. The number of ketones is 1. The van der Waals surface area contributed by atoms with Crippen LogP contribution in [0.2, 0.25) is 0 Å². The number of carbonyl (C=O) groups is 3. The van der Waals surface area contributed by atoms with Crippen molar-refractivity contribution in [2.45, 2.75) is 109 Å². The normalized spacial score (nSPS) is 29.9. The highest BCUT2D eigenvalue weighted by molar-refractivity contribution is 5.99. The van der Waals surface area contributed by atoms with Crippen LogP contribution in [0.5, 0.6) is 0 Å². The second-order valence-corrected chi connectivity index (χ2v) is 14.2. The molecule has 3 aliphatic carbocycles. The number of amides is 1. The Morgan fingerprint density at radius 3 is 2.45 bits per heavy atom. The van der Waals surface area contributed by atoms with Crippen molar-refractivity contribution in [3.63, 3.8) is 0 Å². The molecule has 1 saturated heterocycles. The third-order valence-corrected chi connectivity index (χ3v) is 11.8. The highest BCUT2D eigenvalue weighted by atomic mass is 19.1. The summed E-state index contributed by atoms with van der Waals surface area (Å²) >= 11 is 0. The molecule has 5 aliphatic rings. The van der Waals surface area contributed by atoms with Gasteiger partial charge in [0.25, 0.3) is 0 Å². The lowest BCUT2D eigenvalue weighted by atomic mass is 9.74. The van der Waals surface area contributed by atoms with Gasteiger partial charge in [0.15, 0.2) is 11.5 Å². The number of Topliss-reactive ketones (excluding diaryl/α,β-unsaturated/α-hetero) is 1. The van der Waals surface area contributed by atoms with Crippen molar-refractivity contribution in [2.75, 3.05) is 13.2 Å². The number of likely N-dealkylation sites (tertiary alicyclic amines) is 1. The molecule has 0 bridgehead atoms. The summed E-state index contributed by atoms with van der Waals surface area (Å²) in [5, 5.41) is 0.973. The number of ether oxygens (including phenoxy) is 1. The first-order valence-corrected chi connectivity index (χ1v) is 16.7. The third-order valence-electron chi connectivity index (χ3n) is 11.8. The zero-order chi connectivity index (χ0) is 29.0. The molecule has 1 aromatic carbocycles. The number of esters is 1. The van der Waals surface area contributed by atoms with E-state index >= 15 is 0 Å². The van der Waals surface area contributed by atoms with Gasteiger partial charge in [0, 0.05) is 37.1 Å². The second-order valence-electron chi connectivity index (χ2n) is 14.2. The lowest BCUT2D eigenvalue weighted by molar-refractivity contribution is -0.143. The van der Waals surface area contributed by atoms with E-state index in [4.69, 9.17) is 4.74 Å². The zero-order valence-electron chi connectivity index (χ0n) is 25.0. The van der Waals surface area contributed by atoms with Gasteiger partial charge in [-0.25, -0.2) is 4.79 Å². The molecule has 0 radical (unpaired) electrons. The fraction of sp³-hybridized carbons (Fsp3) is 0.686. The number of alkyl halides is 1. The van der Waals surface area contributed by atoms with Crippen LogP contribution in [0.4, 0.5) is 4.39 Å². The summed E-state index contributed by atoms with van der Waals surface area (Å²) < 4.78 is 21.1. The van der Waals surface area contributed by atoms with Gasteiger partial charge in [-0.15, -0.1) is 0 Å². The molecule has 2 aromatic rings. The summed E-state index contributed by atoms with van der Waals surface area (Å²) in [6.07, 6.45) is 13.4. The maximum absolute atomic E-state index is 14.2. The van der Waals surface area contributed by atoms with Crippen LogP contribution in [-0.4, -0.2) is 46.4 Å². The first kappa shape index (κ1) is 28.1. The van der Waals surface area contributed by atoms with Gasteiger partial charge in [-0.1, -0.05) is 45.1 Å². The van der Waals surface area contributed by atoms with Crippen LogP contribution < -0.4 is 0 Å². The Kier molecular flexibility index (Phi) is 7.42. The van der Waals surface area contributed by atoms with Crippen LogP contribution in [0, 0.1) is 29.6 Å². The highest BCUT2D eigenvalue weighted by Gasteiger charge is 2.51. The Bertz CT molecular complexity index is 1360. The van der Waals surface area contributed by atoms with Gasteiger partial charge in [-0.05, 0) is 86.0 Å². The topological polar surface area (TPSA) is 68.6 Å². The molecular weight excluding hydrogens is 531 g/mol. The average Bonchev–Trinajstić information content (AvgIpc) is 3.69. The summed E-state index contributed by atoms with van der Waals surface area (Å²) in [7, 11) is 0. The summed E-state index contributed by atoms with van der Waals surface area (Å²) in [4.78, 5) is 42.8. The van der Waals surface area contributed by atoms with Crippen LogP contribution in [0.25, 0.3) is 10.9 Å². The molecule has 3 saturated carbocycles. The maximum Gasteiger partial charge on any atom is 0.357 e. The Labute approximate surface area is 248 Å². The van der Waals surface area contributed by atoms with Gasteiger partial charge in [-0.3, -0.25) is 18.5 Å². The molecule has 6 nitrogen and oxygen atoms in total. The lowest BCUT2D eigenvalue weighted by Gasteiger charge is -2.38. The van der Waals surface area contributed by atoms with Crippen LogP contribution in [0.3, 0.4) is 0 Å². The van der Waals surface area contributed by atoms with E-state index in [2.05, 4.69) is 10.6 Å². The number of nitrogens with zero attached hydrogens (tertiary/aromatic N) is 2. The van der Waals surface area contributed by atoms with Gasteiger partial charge in [0.1, 0.15) is 5.69 Å². The van der Waals surface area contributed by atoms with Crippen molar-refractivity contribution in [2.24, 2.45) is 29.6 Å². The monoisotopic (exact) mass is 576 g/mol. The van der Waals surface area contributed by atoms with E-state index in [1.165, 1.54) is 19.3 Å². The number of carbonyl (C=O) groups excluding carboxylic acids is 3. The third kappa shape index (κ3) is 4.70. The standard InChI is InChI=1S/C35H45FN2O4/c1-22(21-36)24-9-11-26(12-10-24)33(40)37-17-14-28(25-6-3-2-4-7-25)32(37)31(39)19-23-8-13-29-27(18-23)20-30-34(41)42-35(38(29)30)15-5-16-35/h8,13,18,20,22,24-26,28,32H,2-7,9-12,14-17,19,21H2,1H3/t22-,24?,26?,28+,32+/m1/s1. The van der Waals surface area contributed by atoms with Crippen molar-refractivity contribution < 1.29 is 23.5 Å². The summed E-state index contributed by atoms with van der Waals surface area (Å²) in [5.74, 6) is 1.16. The van der Waals surface area contributed by atoms with Gasteiger partial charge in [-0.2, -0.15) is 0 Å². The van der Waals surface area contributed by atoms with Crippen molar-refractivity contribution >= 4 is 28.6 Å². The molecule has 1 spiro atoms. The van der Waals surface area contributed by atoms with Crippen molar-refractivity contribution in [3.8, 4) is 0 Å². The largest absolute Gasteiger partial charge is 0.434 e. The predicted molar refractivity (Wildman–Crippen MR) is 159 cm³/mol.